The Morgan fingerprint density at radius 1 is 1.11 bits per heavy atom. The fraction of sp³-hybridized carbons (Fsp3) is 0.316. The first kappa shape index (κ1) is 19.0. The first-order chi connectivity index (χ1) is 12.9. The number of nitrogens with zero attached hydrogens (tertiary/aromatic N) is 4. The molecule has 1 aromatic heterocycles. The normalized spacial score (nSPS) is 15.8. The highest BCUT2D eigenvalue weighted by atomic mass is 32.2. The molecule has 0 spiro atoms. The lowest BCUT2D eigenvalue weighted by Gasteiger charge is -2.23. The zero-order chi connectivity index (χ0) is 19.4. The van der Waals surface area contributed by atoms with Gasteiger partial charge >= 0.3 is 0 Å². The Bertz CT molecular complexity index is 981. The molecule has 0 atom stereocenters. The van der Waals surface area contributed by atoms with Crippen LogP contribution in [0, 0.1) is 11.3 Å². The number of hydrogen-bond acceptors (Lipinski definition) is 6. The van der Waals surface area contributed by atoms with Gasteiger partial charge in [0.05, 0.1) is 10.5 Å². The van der Waals surface area contributed by atoms with Gasteiger partial charge in [-0.15, -0.1) is 0 Å². The Balaban J connectivity index is 1.79. The molecule has 2 heterocycles. The minimum absolute atomic E-state index is 0.104. The fourth-order valence-electron chi connectivity index (χ4n) is 3.09. The van der Waals surface area contributed by atoms with Gasteiger partial charge in [0.2, 0.25) is 10.0 Å². The van der Waals surface area contributed by atoms with Gasteiger partial charge in [0.15, 0.2) is 5.78 Å². The molecule has 1 aromatic carbocycles. The van der Waals surface area contributed by atoms with E-state index in [2.05, 4.69) is 11.1 Å². The van der Waals surface area contributed by atoms with Crippen LogP contribution >= 0.6 is 0 Å². The van der Waals surface area contributed by atoms with Crippen LogP contribution in [0.15, 0.2) is 47.5 Å². The van der Waals surface area contributed by atoms with Gasteiger partial charge in [0, 0.05) is 37.9 Å². The van der Waals surface area contributed by atoms with Crippen molar-refractivity contribution in [1.82, 2.24) is 9.29 Å². The third-order valence-electron chi connectivity index (χ3n) is 4.56. The highest BCUT2D eigenvalue weighted by molar-refractivity contribution is 7.89. The molecule has 27 heavy (non-hydrogen) atoms. The summed E-state index contributed by atoms with van der Waals surface area (Å²) in [6.45, 7) is 3.22. The van der Waals surface area contributed by atoms with Crippen molar-refractivity contribution in [3.05, 3.63) is 53.7 Å². The molecule has 0 aliphatic carbocycles. The number of sulfonamides is 1. The van der Waals surface area contributed by atoms with E-state index in [1.165, 1.54) is 35.5 Å². The van der Waals surface area contributed by atoms with E-state index in [1.54, 1.807) is 18.3 Å². The summed E-state index contributed by atoms with van der Waals surface area (Å²) in [7, 11) is -3.64. The van der Waals surface area contributed by atoms with Crippen molar-refractivity contribution >= 4 is 21.6 Å². The van der Waals surface area contributed by atoms with E-state index in [0.717, 1.165) is 0 Å². The molecule has 0 amide bonds. The largest absolute Gasteiger partial charge is 0.354 e. The van der Waals surface area contributed by atoms with E-state index in [9.17, 15) is 18.5 Å². The van der Waals surface area contributed by atoms with Gasteiger partial charge in [0.25, 0.3) is 0 Å². The topological polar surface area (TPSA) is 94.4 Å². The highest BCUT2D eigenvalue weighted by Crippen LogP contribution is 2.22. The standard InChI is InChI=1S/C19H20N4O3S/c1-15(24)16-5-7-18(8-6-16)27(25,26)23-11-3-10-22(12-13-23)19-17(14-20)4-2-9-21-19/h2,4-9H,3,10-13H2,1H3. The molecule has 0 radical (unpaired) electrons. The Kier molecular flexibility index (Phi) is 5.54. The van der Waals surface area contributed by atoms with Crippen LogP contribution < -0.4 is 4.90 Å². The summed E-state index contributed by atoms with van der Waals surface area (Å²) in [6, 6.07) is 11.6. The molecule has 1 aliphatic rings. The summed E-state index contributed by atoms with van der Waals surface area (Å²) in [5.74, 6) is 0.484. The van der Waals surface area contributed by atoms with Crippen molar-refractivity contribution in [3.8, 4) is 6.07 Å². The van der Waals surface area contributed by atoms with Crippen molar-refractivity contribution < 1.29 is 13.2 Å². The summed E-state index contributed by atoms with van der Waals surface area (Å²) in [5.41, 5.74) is 0.962. The van der Waals surface area contributed by atoms with E-state index in [-0.39, 0.29) is 10.7 Å². The molecule has 0 N–H and O–H groups in total. The summed E-state index contributed by atoms with van der Waals surface area (Å²) in [6.07, 6.45) is 2.26. The zero-order valence-electron chi connectivity index (χ0n) is 15.0. The van der Waals surface area contributed by atoms with Gasteiger partial charge in [-0.1, -0.05) is 12.1 Å². The SMILES string of the molecule is CC(=O)c1ccc(S(=O)(=O)N2CCCN(c3ncccc3C#N)CC2)cc1. The lowest BCUT2D eigenvalue weighted by atomic mass is 10.2. The molecule has 8 heteroatoms. The van der Waals surface area contributed by atoms with Gasteiger partial charge in [-0.25, -0.2) is 13.4 Å². The molecule has 2 aromatic rings. The van der Waals surface area contributed by atoms with Crippen LogP contribution in [0.3, 0.4) is 0 Å². The average Bonchev–Trinajstić information content (AvgIpc) is 2.94. The number of carbonyl (C=O) groups is 1. The van der Waals surface area contributed by atoms with Crippen LogP contribution in [0.1, 0.15) is 29.3 Å². The quantitative estimate of drug-likeness (QED) is 0.749. The maximum atomic E-state index is 12.9. The summed E-state index contributed by atoms with van der Waals surface area (Å²) < 4.78 is 27.3. The number of benzene rings is 1. The Labute approximate surface area is 158 Å². The maximum absolute atomic E-state index is 12.9. The molecule has 0 bridgehead atoms. The number of nitriles is 1. The second-order valence-corrected chi connectivity index (χ2v) is 8.25. The molecule has 0 saturated carbocycles. The van der Waals surface area contributed by atoms with Gasteiger partial charge in [-0.2, -0.15) is 9.57 Å². The Hall–Kier alpha value is -2.76. The third-order valence-corrected chi connectivity index (χ3v) is 6.47. The van der Waals surface area contributed by atoms with Gasteiger partial charge < -0.3 is 4.90 Å². The number of carbonyl (C=O) groups excluding carboxylic acids is 1. The molecule has 1 fully saturated rings. The first-order valence-electron chi connectivity index (χ1n) is 8.64. The third kappa shape index (κ3) is 3.99. The van der Waals surface area contributed by atoms with Crippen LogP contribution in [-0.4, -0.2) is 49.7 Å². The summed E-state index contributed by atoms with van der Waals surface area (Å²) in [5, 5.41) is 9.26. The van der Waals surface area contributed by atoms with Crippen molar-refractivity contribution in [1.29, 1.82) is 5.26 Å². The predicted molar refractivity (Wildman–Crippen MR) is 101 cm³/mol. The molecule has 1 aliphatic heterocycles. The average molecular weight is 384 g/mol. The maximum Gasteiger partial charge on any atom is 0.243 e. The first-order valence-corrected chi connectivity index (χ1v) is 10.1. The number of ketones is 1. The van der Waals surface area contributed by atoms with Crippen molar-refractivity contribution in [3.63, 3.8) is 0 Å². The summed E-state index contributed by atoms with van der Waals surface area (Å²) in [4.78, 5) is 17.8. The molecule has 1 saturated heterocycles. The molecule has 7 nitrogen and oxygen atoms in total. The van der Waals surface area contributed by atoms with E-state index in [1.807, 2.05) is 4.90 Å². The second-order valence-electron chi connectivity index (χ2n) is 6.31. The number of anilines is 1. The Morgan fingerprint density at radius 3 is 2.52 bits per heavy atom. The number of hydrogen-bond donors (Lipinski definition) is 0. The van der Waals surface area contributed by atoms with Crippen molar-refractivity contribution in [2.75, 3.05) is 31.1 Å². The summed E-state index contributed by atoms with van der Waals surface area (Å²) >= 11 is 0. The van der Waals surface area contributed by atoms with Crippen LogP contribution in [0.4, 0.5) is 5.82 Å². The van der Waals surface area contributed by atoms with E-state index >= 15 is 0 Å². The lowest BCUT2D eigenvalue weighted by Crippen LogP contribution is -2.35. The zero-order valence-corrected chi connectivity index (χ0v) is 15.8. The Morgan fingerprint density at radius 2 is 1.85 bits per heavy atom. The van der Waals surface area contributed by atoms with Crippen LogP contribution in [-0.2, 0) is 10.0 Å². The van der Waals surface area contributed by atoms with Crippen molar-refractivity contribution in [2.24, 2.45) is 0 Å². The molecular formula is C19H20N4O3S. The lowest BCUT2D eigenvalue weighted by molar-refractivity contribution is 0.101. The fourth-order valence-corrected chi connectivity index (χ4v) is 4.56. The number of pyridine rings is 1. The van der Waals surface area contributed by atoms with Gasteiger partial charge in [0.1, 0.15) is 11.9 Å². The van der Waals surface area contributed by atoms with Crippen LogP contribution in [0.25, 0.3) is 0 Å². The predicted octanol–water partition coefficient (Wildman–Crippen LogP) is 2.06. The molecule has 3 rings (SSSR count). The minimum Gasteiger partial charge on any atom is -0.354 e. The smallest absolute Gasteiger partial charge is 0.243 e. The number of aromatic nitrogens is 1. The molecular weight excluding hydrogens is 364 g/mol. The van der Waals surface area contributed by atoms with E-state index in [4.69, 9.17) is 0 Å². The number of rotatable bonds is 4. The van der Waals surface area contributed by atoms with Gasteiger partial charge in [-0.05, 0) is 37.6 Å². The monoisotopic (exact) mass is 384 g/mol. The van der Waals surface area contributed by atoms with E-state index < -0.39 is 10.0 Å². The van der Waals surface area contributed by atoms with Crippen LogP contribution in [0.2, 0.25) is 0 Å². The van der Waals surface area contributed by atoms with Crippen molar-refractivity contribution in [2.45, 2.75) is 18.2 Å². The molecule has 140 valence electrons. The number of Topliss-reactive ketones (excluding diaryl/α,β-unsaturated/α-hetero) is 1. The minimum atomic E-state index is -3.64. The highest BCUT2D eigenvalue weighted by Gasteiger charge is 2.27. The second kappa shape index (κ2) is 7.86. The van der Waals surface area contributed by atoms with Gasteiger partial charge in [-0.3, -0.25) is 4.79 Å². The van der Waals surface area contributed by atoms with Crippen LogP contribution in [0.5, 0.6) is 0 Å². The van der Waals surface area contributed by atoms with E-state index in [0.29, 0.717) is 49.5 Å². The molecule has 0 unspecified atom stereocenters.